The molecule has 1 amide bonds. The van der Waals surface area contributed by atoms with E-state index in [2.05, 4.69) is 21.3 Å². The number of amides is 1. The third kappa shape index (κ3) is 4.75. The molecule has 2 aromatic carbocycles. The zero-order valence-electron chi connectivity index (χ0n) is 20.8. The minimum absolute atomic E-state index is 0.141. The van der Waals surface area contributed by atoms with E-state index in [9.17, 15) is 28.2 Å². The van der Waals surface area contributed by atoms with Crippen molar-refractivity contribution in [3.05, 3.63) is 77.1 Å². The minimum atomic E-state index is -4.65. The van der Waals surface area contributed by atoms with E-state index in [0.717, 1.165) is 40.2 Å². The predicted molar refractivity (Wildman–Crippen MR) is 136 cm³/mol. The average Bonchev–Trinajstić information content (AvgIpc) is 2.93. The molecule has 5 rings (SSSR count). The Morgan fingerprint density at radius 2 is 1.95 bits per heavy atom. The van der Waals surface area contributed by atoms with Crippen LogP contribution in [0.15, 0.2) is 54.7 Å². The van der Waals surface area contributed by atoms with E-state index < -0.39 is 23.2 Å². The molecule has 1 aromatic heterocycles. The molecular formula is C28H28F3N3O4. The molecule has 1 saturated heterocycles. The first-order valence-corrected chi connectivity index (χ1v) is 12.3. The van der Waals surface area contributed by atoms with E-state index in [0.29, 0.717) is 31.9 Å². The van der Waals surface area contributed by atoms with Crippen LogP contribution in [0.3, 0.4) is 0 Å². The fourth-order valence-electron chi connectivity index (χ4n) is 5.36. The van der Waals surface area contributed by atoms with Crippen molar-refractivity contribution in [1.29, 1.82) is 0 Å². The molecule has 0 spiro atoms. The van der Waals surface area contributed by atoms with Gasteiger partial charge in [0.15, 0.2) is 0 Å². The van der Waals surface area contributed by atoms with Gasteiger partial charge in [0.05, 0.1) is 32.5 Å². The molecule has 0 saturated carbocycles. The Morgan fingerprint density at radius 3 is 2.68 bits per heavy atom. The van der Waals surface area contributed by atoms with Crippen LogP contribution in [0.2, 0.25) is 0 Å². The Kier molecular flexibility index (Phi) is 6.89. The van der Waals surface area contributed by atoms with Crippen molar-refractivity contribution in [1.82, 2.24) is 4.98 Å². The Balaban J connectivity index is 1.45. The van der Waals surface area contributed by atoms with Gasteiger partial charge in [-0.2, -0.15) is 13.2 Å². The number of ether oxygens (including phenoxy) is 1. The standard InChI is InChI=1S/C28H28F3N3O4/c1-17-2-5-21(33-26(37)19-6-7-32-24(11-19)28(29,30)31)12-22(17)18-3-4-20-13-27(15-35,16-36)25-14-38-9-8-34(25)23(20)10-18/h2-7,10-12,25,35-36H,8-9,13-16H2,1H3,(H,33,37). The number of benzene rings is 2. The highest BCUT2D eigenvalue weighted by Crippen LogP contribution is 2.44. The lowest BCUT2D eigenvalue weighted by Gasteiger charge is -2.52. The first-order valence-electron chi connectivity index (χ1n) is 12.3. The molecule has 200 valence electrons. The van der Waals surface area contributed by atoms with Gasteiger partial charge in [-0.15, -0.1) is 0 Å². The molecule has 0 aliphatic carbocycles. The average molecular weight is 528 g/mol. The van der Waals surface area contributed by atoms with Gasteiger partial charge in [-0.1, -0.05) is 18.2 Å². The van der Waals surface area contributed by atoms with Gasteiger partial charge in [0.2, 0.25) is 0 Å². The summed E-state index contributed by atoms with van der Waals surface area (Å²) in [5, 5.41) is 23.0. The van der Waals surface area contributed by atoms with Crippen molar-refractivity contribution in [3.63, 3.8) is 0 Å². The van der Waals surface area contributed by atoms with Crippen LogP contribution in [0.4, 0.5) is 24.5 Å². The normalized spacial score (nSPS) is 18.5. The van der Waals surface area contributed by atoms with Crippen molar-refractivity contribution in [2.75, 3.05) is 43.2 Å². The van der Waals surface area contributed by atoms with E-state index >= 15 is 0 Å². The first-order chi connectivity index (χ1) is 18.1. The number of pyridine rings is 1. The van der Waals surface area contributed by atoms with Crippen molar-refractivity contribution < 1.29 is 32.9 Å². The number of fused-ring (bicyclic) bond motifs is 3. The Bertz CT molecular complexity index is 1360. The highest BCUT2D eigenvalue weighted by molar-refractivity contribution is 6.04. The van der Waals surface area contributed by atoms with Crippen LogP contribution in [0.1, 0.15) is 27.2 Å². The summed E-state index contributed by atoms with van der Waals surface area (Å²) in [6, 6.07) is 13.2. The van der Waals surface area contributed by atoms with Gasteiger partial charge in [-0.25, -0.2) is 0 Å². The van der Waals surface area contributed by atoms with Crippen LogP contribution in [0.5, 0.6) is 0 Å². The largest absolute Gasteiger partial charge is 0.433 e. The third-order valence-electron chi connectivity index (χ3n) is 7.52. The van der Waals surface area contributed by atoms with Gasteiger partial charge in [0, 0.05) is 35.1 Å². The lowest BCUT2D eigenvalue weighted by atomic mass is 9.72. The maximum absolute atomic E-state index is 13.0. The number of aromatic nitrogens is 1. The number of hydrogen-bond acceptors (Lipinski definition) is 6. The summed E-state index contributed by atoms with van der Waals surface area (Å²) < 4.78 is 44.8. The molecule has 2 aliphatic rings. The van der Waals surface area contributed by atoms with Crippen LogP contribution >= 0.6 is 0 Å². The fraction of sp³-hybridized carbons (Fsp3) is 0.357. The van der Waals surface area contributed by atoms with Crippen LogP contribution in [0, 0.1) is 12.3 Å². The number of carbonyl (C=O) groups is 1. The van der Waals surface area contributed by atoms with Crippen LogP contribution in [-0.2, 0) is 17.3 Å². The van der Waals surface area contributed by atoms with Gasteiger partial charge >= 0.3 is 6.18 Å². The summed E-state index contributed by atoms with van der Waals surface area (Å²) in [5.74, 6) is -0.668. The lowest BCUT2D eigenvalue weighted by molar-refractivity contribution is -0.141. The molecular weight excluding hydrogens is 499 g/mol. The molecule has 1 atom stereocenters. The number of hydrogen-bond donors (Lipinski definition) is 3. The maximum atomic E-state index is 13.0. The number of halogens is 3. The van der Waals surface area contributed by atoms with Gasteiger partial charge < -0.3 is 25.2 Å². The number of aryl methyl sites for hydroxylation is 1. The van der Waals surface area contributed by atoms with Crippen LogP contribution < -0.4 is 10.2 Å². The summed E-state index contributed by atoms with van der Waals surface area (Å²) >= 11 is 0. The van der Waals surface area contributed by atoms with Gasteiger partial charge in [-0.3, -0.25) is 9.78 Å². The molecule has 3 aromatic rings. The molecule has 1 fully saturated rings. The Morgan fingerprint density at radius 1 is 1.16 bits per heavy atom. The number of morpholine rings is 1. The quantitative estimate of drug-likeness (QED) is 0.463. The fourth-order valence-corrected chi connectivity index (χ4v) is 5.36. The van der Waals surface area contributed by atoms with E-state index in [1.54, 1.807) is 12.1 Å². The Labute approximate surface area is 217 Å². The lowest BCUT2D eigenvalue weighted by Crippen LogP contribution is -2.61. The summed E-state index contributed by atoms with van der Waals surface area (Å²) in [6.45, 7) is 3.22. The number of aliphatic hydroxyl groups is 2. The number of nitrogens with zero attached hydrogens (tertiary/aromatic N) is 2. The summed E-state index contributed by atoms with van der Waals surface area (Å²) in [4.78, 5) is 18.2. The molecule has 38 heavy (non-hydrogen) atoms. The van der Waals surface area contributed by atoms with Gasteiger partial charge in [0.1, 0.15) is 5.69 Å². The number of rotatable bonds is 5. The first kappa shape index (κ1) is 26.1. The topological polar surface area (TPSA) is 94.9 Å². The second-order valence-corrected chi connectivity index (χ2v) is 9.89. The predicted octanol–water partition coefficient (Wildman–Crippen LogP) is 4.06. The van der Waals surface area contributed by atoms with Gasteiger partial charge in [0.25, 0.3) is 5.91 Å². The molecule has 0 bridgehead atoms. The molecule has 2 aliphatic heterocycles. The van der Waals surface area contributed by atoms with Crippen molar-refractivity contribution in [3.8, 4) is 11.1 Å². The molecule has 0 radical (unpaired) electrons. The number of alkyl halides is 3. The van der Waals surface area contributed by atoms with Crippen molar-refractivity contribution in [2.45, 2.75) is 25.6 Å². The van der Waals surface area contributed by atoms with E-state index in [1.165, 1.54) is 6.07 Å². The molecule has 10 heteroatoms. The SMILES string of the molecule is Cc1ccc(NC(=O)c2ccnc(C(F)(F)F)c2)cc1-c1ccc2c(c1)N1CCOCC1C(CO)(CO)C2. The number of nitrogens with one attached hydrogen (secondary N) is 1. The smallest absolute Gasteiger partial charge is 0.396 e. The second kappa shape index (κ2) is 10.0. The zero-order chi connectivity index (χ0) is 27.1. The molecule has 3 N–H and O–H groups in total. The van der Waals surface area contributed by atoms with Crippen molar-refractivity contribution >= 4 is 17.3 Å². The number of anilines is 2. The highest BCUT2D eigenvalue weighted by atomic mass is 19.4. The van der Waals surface area contributed by atoms with E-state index in [-0.39, 0.29) is 24.8 Å². The maximum Gasteiger partial charge on any atom is 0.433 e. The Hall–Kier alpha value is -3.47. The van der Waals surface area contributed by atoms with E-state index in [1.807, 2.05) is 25.1 Å². The van der Waals surface area contributed by atoms with Gasteiger partial charge in [-0.05, 0) is 65.9 Å². The molecule has 3 heterocycles. The third-order valence-corrected chi connectivity index (χ3v) is 7.52. The van der Waals surface area contributed by atoms with E-state index in [4.69, 9.17) is 4.74 Å². The highest BCUT2D eigenvalue weighted by Gasteiger charge is 2.47. The molecule has 7 nitrogen and oxygen atoms in total. The monoisotopic (exact) mass is 527 g/mol. The summed E-state index contributed by atoms with van der Waals surface area (Å²) in [7, 11) is 0. The van der Waals surface area contributed by atoms with Crippen LogP contribution in [0.25, 0.3) is 11.1 Å². The molecule has 1 unspecified atom stereocenters. The zero-order valence-corrected chi connectivity index (χ0v) is 20.8. The number of aliphatic hydroxyl groups excluding tert-OH is 2. The second-order valence-electron chi connectivity index (χ2n) is 9.89. The number of carbonyl (C=O) groups excluding carboxylic acids is 1. The van der Waals surface area contributed by atoms with Crippen LogP contribution in [-0.4, -0.2) is 60.1 Å². The summed E-state index contributed by atoms with van der Waals surface area (Å²) in [5.41, 5.74) is 3.24. The summed E-state index contributed by atoms with van der Waals surface area (Å²) in [6.07, 6.45) is -3.17. The van der Waals surface area contributed by atoms with Crippen molar-refractivity contribution in [2.24, 2.45) is 5.41 Å². The minimum Gasteiger partial charge on any atom is -0.396 e.